The van der Waals surface area contributed by atoms with Crippen LogP contribution in [0.25, 0.3) is 0 Å². The first-order valence-electron chi connectivity index (χ1n) is 5.81. The van der Waals surface area contributed by atoms with E-state index in [1.54, 1.807) is 43.2 Å². The van der Waals surface area contributed by atoms with Crippen molar-refractivity contribution in [2.75, 3.05) is 7.05 Å². The van der Waals surface area contributed by atoms with E-state index < -0.39 is 6.61 Å². The quantitative estimate of drug-likeness (QED) is 0.903. The number of ether oxygens (including phenoxy) is 1. The van der Waals surface area contributed by atoms with Gasteiger partial charge in [-0.2, -0.15) is 13.9 Å². The van der Waals surface area contributed by atoms with Crippen LogP contribution in [0.5, 0.6) is 5.75 Å². The van der Waals surface area contributed by atoms with Gasteiger partial charge in [-0.3, -0.25) is 4.68 Å². The molecule has 4 nitrogen and oxygen atoms in total. The Balaban J connectivity index is 2.38. The van der Waals surface area contributed by atoms with Crippen LogP contribution >= 0.6 is 0 Å². The Hall–Kier alpha value is -1.95. The van der Waals surface area contributed by atoms with E-state index >= 15 is 0 Å². The minimum Gasteiger partial charge on any atom is -0.434 e. The summed E-state index contributed by atoms with van der Waals surface area (Å²) in [5.41, 5.74) is 1.54. The highest BCUT2D eigenvalue weighted by atomic mass is 19.3. The molecule has 102 valence electrons. The van der Waals surface area contributed by atoms with E-state index in [2.05, 4.69) is 15.2 Å². The van der Waals surface area contributed by atoms with Crippen molar-refractivity contribution in [1.29, 1.82) is 0 Å². The highest BCUT2D eigenvalue weighted by Crippen LogP contribution is 2.30. The summed E-state index contributed by atoms with van der Waals surface area (Å²) in [6, 6.07) is 6.49. The van der Waals surface area contributed by atoms with Crippen LogP contribution in [0.15, 0.2) is 36.7 Å². The number of benzene rings is 1. The third-order valence-electron chi connectivity index (χ3n) is 2.79. The number of alkyl halides is 2. The van der Waals surface area contributed by atoms with Crippen molar-refractivity contribution in [3.8, 4) is 5.75 Å². The van der Waals surface area contributed by atoms with Crippen LogP contribution < -0.4 is 10.1 Å². The molecule has 2 aromatic rings. The zero-order valence-corrected chi connectivity index (χ0v) is 10.7. The van der Waals surface area contributed by atoms with E-state index in [-0.39, 0.29) is 11.8 Å². The van der Waals surface area contributed by atoms with Crippen molar-refractivity contribution in [3.05, 3.63) is 47.8 Å². The molecule has 1 atom stereocenters. The second-order valence-corrected chi connectivity index (χ2v) is 4.09. The number of hydrogen-bond acceptors (Lipinski definition) is 3. The van der Waals surface area contributed by atoms with Crippen molar-refractivity contribution in [2.45, 2.75) is 12.7 Å². The molecule has 0 amide bonds. The van der Waals surface area contributed by atoms with Gasteiger partial charge in [0, 0.05) is 24.4 Å². The monoisotopic (exact) mass is 267 g/mol. The van der Waals surface area contributed by atoms with Crippen LogP contribution in [0.2, 0.25) is 0 Å². The molecular weight excluding hydrogens is 252 g/mol. The lowest BCUT2D eigenvalue weighted by Crippen LogP contribution is -2.19. The summed E-state index contributed by atoms with van der Waals surface area (Å²) in [4.78, 5) is 0. The molecule has 0 fully saturated rings. The summed E-state index contributed by atoms with van der Waals surface area (Å²) < 4.78 is 31.0. The molecule has 0 radical (unpaired) electrons. The molecule has 19 heavy (non-hydrogen) atoms. The van der Waals surface area contributed by atoms with Crippen molar-refractivity contribution in [2.24, 2.45) is 7.05 Å². The molecule has 0 bridgehead atoms. The number of aryl methyl sites for hydroxylation is 1. The molecule has 1 N–H and O–H groups in total. The fraction of sp³-hybridized carbons (Fsp3) is 0.308. The molecule has 0 saturated carbocycles. The summed E-state index contributed by atoms with van der Waals surface area (Å²) in [5.74, 6) is 0.167. The molecule has 2 rings (SSSR count). The fourth-order valence-corrected chi connectivity index (χ4v) is 2.01. The Kier molecular flexibility index (Phi) is 4.11. The van der Waals surface area contributed by atoms with Crippen LogP contribution in [-0.4, -0.2) is 23.4 Å². The van der Waals surface area contributed by atoms with Gasteiger partial charge in [-0.25, -0.2) is 0 Å². The Labute approximate surface area is 110 Å². The summed E-state index contributed by atoms with van der Waals surface area (Å²) in [6.45, 7) is -2.84. The first-order chi connectivity index (χ1) is 9.11. The standard InChI is InChI=1S/C13H15F2N3O/c1-16-12(9-7-17-18(2)8-9)10-5-3-4-6-11(10)19-13(14)15/h3-8,12-13,16H,1-2H3. The molecule has 0 spiro atoms. The van der Waals surface area contributed by atoms with Gasteiger partial charge >= 0.3 is 6.61 Å². The largest absolute Gasteiger partial charge is 0.434 e. The number of aromatic nitrogens is 2. The molecule has 1 aromatic heterocycles. The third kappa shape index (κ3) is 3.08. The highest BCUT2D eigenvalue weighted by molar-refractivity contribution is 5.40. The molecule has 0 aliphatic rings. The van der Waals surface area contributed by atoms with Crippen LogP contribution in [0, 0.1) is 0 Å². The number of hydrogen-bond donors (Lipinski definition) is 1. The normalized spacial score (nSPS) is 12.7. The van der Waals surface area contributed by atoms with Crippen molar-refractivity contribution < 1.29 is 13.5 Å². The summed E-state index contributed by atoms with van der Waals surface area (Å²) in [7, 11) is 3.56. The highest BCUT2D eigenvalue weighted by Gasteiger charge is 2.19. The van der Waals surface area contributed by atoms with Crippen molar-refractivity contribution >= 4 is 0 Å². The first-order valence-corrected chi connectivity index (χ1v) is 5.81. The van der Waals surface area contributed by atoms with Gasteiger partial charge in [-0.1, -0.05) is 18.2 Å². The predicted octanol–water partition coefficient (Wildman–Crippen LogP) is 2.33. The number of halogens is 2. The molecule has 6 heteroatoms. The maximum absolute atomic E-state index is 12.4. The number of nitrogens with one attached hydrogen (secondary N) is 1. The average molecular weight is 267 g/mol. The molecule has 0 aliphatic carbocycles. The SMILES string of the molecule is CNC(c1cnn(C)c1)c1ccccc1OC(F)F. The van der Waals surface area contributed by atoms with E-state index in [1.807, 2.05) is 6.20 Å². The van der Waals surface area contributed by atoms with Crippen molar-refractivity contribution in [1.82, 2.24) is 15.1 Å². The first kappa shape index (κ1) is 13.5. The van der Waals surface area contributed by atoms with E-state index in [9.17, 15) is 8.78 Å². The van der Waals surface area contributed by atoms with Gasteiger partial charge in [0.1, 0.15) is 5.75 Å². The number of nitrogens with zero attached hydrogens (tertiary/aromatic N) is 2. The van der Waals surface area contributed by atoms with E-state index in [0.29, 0.717) is 5.56 Å². The Morgan fingerprint density at radius 3 is 2.63 bits per heavy atom. The van der Waals surface area contributed by atoms with E-state index in [4.69, 9.17) is 0 Å². The molecule has 1 unspecified atom stereocenters. The topological polar surface area (TPSA) is 39.1 Å². The second-order valence-electron chi connectivity index (χ2n) is 4.09. The van der Waals surface area contributed by atoms with Gasteiger partial charge in [-0.15, -0.1) is 0 Å². The maximum atomic E-state index is 12.4. The Bertz CT molecular complexity index is 542. The minimum atomic E-state index is -2.84. The summed E-state index contributed by atoms with van der Waals surface area (Å²) in [6.07, 6.45) is 3.53. The molecule has 1 heterocycles. The number of para-hydroxylation sites is 1. The zero-order chi connectivity index (χ0) is 13.8. The lowest BCUT2D eigenvalue weighted by atomic mass is 10.0. The van der Waals surface area contributed by atoms with Crippen LogP contribution in [0.1, 0.15) is 17.2 Å². The molecule has 0 aliphatic heterocycles. The van der Waals surface area contributed by atoms with Crippen LogP contribution in [-0.2, 0) is 7.05 Å². The Morgan fingerprint density at radius 2 is 2.05 bits per heavy atom. The lowest BCUT2D eigenvalue weighted by molar-refractivity contribution is -0.0506. The Morgan fingerprint density at radius 1 is 1.32 bits per heavy atom. The smallest absolute Gasteiger partial charge is 0.387 e. The van der Waals surface area contributed by atoms with Crippen molar-refractivity contribution in [3.63, 3.8) is 0 Å². The van der Waals surface area contributed by atoms with Gasteiger partial charge in [0.05, 0.1) is 12.2 Å². The third-order valence-corrected chi connectivity index (χ3v) is 2.79. The lowest BCUT2D eigenvalue weighted by Gasteiger charge is -2.18. The van der Waals surface area contributed by atoms with Gasteiger partial charge in [0.2, 0.25) is 0 Å². The fourth-order valence-electron chi connectivity index (χ4n) is 2.01. The zero-order valence-electron chi connectivity index (χ0n) is 10.7. The molecular formula is C13H15F2N3O. The minimum absolute atomic E-state index is 0.167. The van der Waals surface area contributed by atoms with Gasteiger partial charge in [0.25, 0.3) is 0 Å². The molecule has 1 aromatic carbocycles. The van der Waals surface area contributed by atoms with E-state index in [1.165, 1.54) is 6.07 Å². The number of rotatable bonds is 5. The van der Waals surface area contributed by atoms with Crippen LogP contribution in [0.3, 0.4) is 0 Å². The summed E-state index contributed by atoms with van der Waals surface area (Å²) in [5, 5.41) is 7.17. The second kappa shape index (κ2) is 5.79. The predicted molar refractivity (Wildman–Crippen MR) is 67.2 cm³/mol. The maximum Gasteiger partial charge on any atom is 0.387 e. The van der Waals surface area contributed by atoms with Crippen LogP contribution in [0.4, 0.5) is 8.78 Å². The van der Waals surface area contributed by atoms with Gasteiger partial charge in [-0.05, 0) is 13.1 Å². The summed E-state index contributed by atoms with van der Waals surface area (Å²) >= 11 is 0. The van der Waals surface area contributed by atoms with E-state index in [0.717, 1.165) is 5.56 Å². The average Bonchev–Trinajstić information content (AvgIpc) is 2.78. The molecule has 0 saturated heterocycles. The van der Waals surface area contributed by atoms with Gasteiger partial charge < -0.3 is 10.1 Å². The van der Waals surface area contributed by atoms with Gasteiger partial charge in [0.15, 0.2) is 0 Å².